The molecule has 21 heavy (non-hydrogen) atoms. The predicted molar refractivity (Wildman–Crippen MR) is 87.0 cm³/mol. The zero-order chi connectivity index (χ0) is 14.8. The molecule has 0 aliphatic heterocycles. The Morgan fingerprint density at radius 1 is 1.33 bits per heavy atom. The highest BCUT2D eigenvalue weighted by atomic mass is 32.2. The molecule has 110 valence electrons. The number of hydrogen-bond acceptors (Lipinski definition) is 5. The number of anilines is 1. The highest BCUT2D eigenvalue weighted by Crippen LogP contribution is 2.34. The first-order valence-electron chi connectivity index (χ1n) is 6.99. The van der Waals surface area contributed by atoms with E-state index in [4.69, 9.17) is 0 Å². The molecule has 1 fully saturated rings. The molecule has 1 heterocycles. The minimum atomic E-state index is -0.354. The minimum Gasteiger partial charge on any atom is -0.382 e. The van der Waals surface area contributed by atoms with Gasteiger partial charge in [0.05, 0.1) is 10.3 Å². The molecule has 1 aromatic heterocycles. The van der Waals surface area contributed by atoms with Gasteiger partial charge in [-0.15, -0.1) is 0 Å². The quantitative estimate of drug-likeness (QED) is 0.686. The van der Waals surface area contributed by atoms with Crippen LogP contribution >= 0.6 is 11.8 Å². The molecule has 1 aliphatic rings. The van der Waals surface area contributed by atoms with Gasteiger partial charge in [0.15, 0.2) is 0 Å². The molecule has 0 bridgehead atoms. The van der Waals surface area contributed by atoms with Gasteiger partial charge in [0.25, 0.3) is 5.69 Å². The van der Waals surface area contributed by atoms with Crippen LogP contribution in [-0.4, -0.2) is 27.5 Å². The summed E-state index contributed by atoms with van der Waals surface area (Å²) in [5, 5.41) is 16.8. The first-order valence-corrected chi connectivity index (χ1v) is 8.28. The van der Waals surface area contributed by atoms with Gasteiger partial charge in [0, 0.05) is 40.8 Å². The second-order valence-electron chi connectivity index (χ2n) is 5.32. The summed E-state index contributed by atoms with van der Waals surface area (Å²) >= 11 is 1.92. The lowest BCUT2D eigenvalue weighted by Crippen LogP contribution is -2.16. The van der Waals surface area contributed by atoms with Crippen molar-refractivity contribution in [2.24, 2.45) is 0 Å². The number of non-ortho nitro benzene ring substituents is 1. The SMILES string of the molecule is CSC1CCC(Nc2ccc([N+](=O)[O-])c3cnccc23)C1. The average Bonchev–Trinajstić information content (AvgIpc) is 2.95. The van der Waals surface area contributed by atoms with Crippen molar-refractivity contribution >= 4 is 33.9 Å². The number of aromatic nitrogens is 1. The van der Waals surface area contributed by atoms with Crippen LogP contribution in [0.25, 0.3) is 10.8 Å². The molecule has 0 spiro atoms. The van der Waals surface area contributed by atoms with Crippen molar-refractivity contribution in [2.45, 2.75) is 30.6 Å². The smallest absolute Gasteiger partial charge is 0.278 e. The van der Waals surface area contributed by atoms with Crippen LogP contribution in [-0.2, 0) is 0 Å². The third kappa shape index (κ3) is 2.81. The molecule has 5 nitrogen and oxygen atoms in total. The van der Waals surface area contributed by atoms with E-state index < -0.39 is 0 Å². The highest BCUT2D eigenvalue weighted by Gasteiger charge is 2.24. The van der Waals surface area contributed by atoms with E-state index >= 15 is 0 Å². The van der Waals surface area contributed by atoms with Crippen LogP contribution < -0.4 is 5.32 Å². The van der Waals surface area contributed by atoms with Crippen molar-refractivity contribution in [2.75, 3.05) is 11.6 Å². The molecule has 2 atom stereocenters. The molecular weight excluding hydrogens is 286 g/mol. The lowest BCUT2D eigenvalue weighted by molar-refractivity contribution is -0.383. The number of nitrogens with one attached hydrogen (secondary N) is 1. The van der Waals surface area contributed by atoms with E-state index in [1.165, 1.54) is 6.42 Å². The van der Waals surface area contributed by atoms with Crippen LogP contribution in [0.1, 0.15) is 19.3 Å². The number of fused-ring (bicyclic) bond motifs is 1. The fourth-order valence-corrected chi connectivity index (χ4v) is 3.76. The number of pyridine rings is 1. The Bertz CT molecular complexity index is 677. The molecule has 0 amide bonds. The summed E-state index contributed by atoms with van der Waals surface area (Å²) in [6, 6.07) is 5.66. The Kier molecular flexibility index (Phi) is 3.96. The van der Waals surface area contributed by atoms with Crippen molar-refractivity contribution in [1.29, 1.82) is 0 Å². The summed E-state index contributed by atoms with van der Waals surface area (Å²) < 4.78 is 0. The largest absolute Gasteiger partial charge is 0.382 e. The van der Waals surface area contributed by atoms with E-state index in [1.807, 2.05) is 23.9 Å². The van der Waals surface area contributed by atoms with Gasteiger partial charge in [-0.25, -0.2) is 0 Å². The molecule has 6 heteroatoms. The number of thioether (sulfide) groups is 1. The standard InChI is InChI=1S/C15H17N3O2S/c1-21-11-3-2-10(8-11)17-14-4-5-15(18(19)20)13-9-16-7-6-12(13)14/h4-7,9-11,17H,2-3,8H2,1H3. The van der Waals surface area contributed by atoms with Gasteiger partial charge in [-0.05, 0) is 37.7 Å². The summed E-state index contributed by atoms with van der Waals surface area (Å²) in [5.41, 5.74) is 1.07. The monoisotopic (exact) mass is 303 g/mol. The van der Waals surface area contributed by atoms with Gasteiger partial charge in [0.1, 0.15) is 0 Å². The molecule has 1 aliphatic carbocycles. The maximum Gasteiger partial charge on any atom is 0.278 e. The topological polar surface area (TPSA) is 68.1 Å². The van der Waals surface area contributed by atoms with Crippen LogP contribution in [0, 0.1) is 10.1 Å². The van der Waals surface area contributed by atoms with Crippen LogP contribution in [0.3, 0.4) is 0 Å². The Balaban J connectivity index is 1.93. The van der Waals surface area contributed by atoms with Crippen molar-refractivity contribution < 1.29 is 4.92 Å². The maximum absolute atomic E-state index is 11.1. The van der Waals surface area contributed by atoms with E-state index in [2.05, 4.69) is 16.6 Å². The van der Waals surface area contributed by atoms with Crippen LogP contribution in [0.4, 0.5) is 11.4 Å². The van der Waals surface area contributed by atoms with E-state index in [-0.39, 0.29) is 10.6 Å². The van der Waals surface area contributed by atoms with Gasteiger partial charge < -0.3 is 5.32 Å². The molecule has 1 N–H and O–H groups in total. The Morgan fingerprint density at radius 3 is 2.90 bits per heavy atom. The van der Waals surface area contributed by atoms with E-state index in [0.717, 1.165) is 23.9 Å². The molecule has 1 saturated carbocycles. The summed E-state index contributed by atoms with van der Waals surface area (Å²) in [6.45, 7) is 0. The Labute approximate surface area is 127 Å². The lowest BCUT2D eigenvalue weighted by atomic mass is 10.1. The maximum atomic E-state index is 11.1. The number of rotatable bonds is 4. The minimum absolute atomic E-state index is 0.108. The molecule has 0 radical (unpaired) electrons. The van der Waals surface area contributed by atoms with Gasteiger partial charge in [0.2, 0.25) is 0 Å². The fourth-order valence-electron chi connectivity index (χ4n) is 2.97. The predicted octanol–water partition coefficient (Wildman–Crippen LogP) is 3.84. The lowest BCUT2D eigenvalue weighted by Gasteiger charge is -2.16. The van der Waals surface area contributed by atoms with Crippen LogP contribution in [0.15, 0.2) is 30.6 Å². The molecule has 2 aromatic rings. The van der Waals surface area contributed by atoms with Crippen LogP contribution in [0.5, 0.6) is 0 Å². The summed E-state index contributed by atoms with van der Waals surface area (Å²) in [7, 11) is 0. The van der Waals surface area contributed by atoms with E-state index in [9.17, 15) is 10.1 Å². The normalized spacial score (nSPS) is 21.6. The van der Waals surface area contributed by atoms with E-state index in [1.54, 1.807) is 18.5 Å². The third-order valence-corrected chi connectivity index (χ3v) is 5.16. The number of nitro benzene ring substituents is 1. The first kappa shape index (κ1) is 14.1. The Hall–Kier alpha value is -1.82. The number of benzene rings is 1. The van der Waals surface area contributed by atoms with Gasteiger partial charge in [-0.2, -0.15) is 11.8 Å². The summed E-state index contributed by atoms with van der Waals surface area (Å²) in [6.07, 6.45) is 8.92. The van der Waals surface area contributed by atoms with Gasteiger partial charge in [-0.3, -0.25) is 15.1 Å². The number of nitrogens with zero attached hydrogens (tertiary/aromatic N) is 2. The van der Waals surface area contributed by atoms with Crippen molar-refractivity contribution in [3.05, 3.63) is 40.7 Å². The fraction of sp³-hybridized carbons (Fsp3) is 0.400. The zero-order valence-corrected chi connectivity index (χ0v) is 12.6. The Morgan fingerprint density at radius 2 is 2.19 bits per heavy atom. The number of nitro groups is 1. The summed E-state index contributed by atoms with van der Waals surface area (Å²) in [5.74, 6) is 0. The third-order valence-electron chi connectivity index (χ3n) is 4.07. The molecule has 1 aromatic carbocycles. The number of hydrogen-bond donors (Lipinski definition) is 1. The average molecular weight is 303 g/mol. The molecule has 2 unspecified atom stereocenters. The van der Waals surface area contributed by atoms with Gasteiger partial charge >= 0.3 is 0 Å². The molecule has 3 rings (SSSR count). The molecule has 0 saturated heterocycles. The van der Waals surface area contributed by atoms with Crippen LogP contribution in [0.2, 0.25) is 0 Å². The van der Waals surface area contributed by atoms with E-state index in [0.29, 0.717) is 16.7 Å². The van der Waals surface area contributed by atoms with Gasteiger partial charge in [-0.1, -0.05) is 0 Å². The molecular formula is C15H17N3O2S. The summed E-state index contributed by atoms with van der Waals surface area (Å²) in [4.78, 5) is 14.8. The first-order chi connectivity index (χ1) is 10.2. The zero-order valence-electron chi connectivity index (χ0n) is 11.8. The van der Waals surface area contributed by atoms with Crippen molar-refractivity contribution in [1.82, 2.24) is 4.98 Å². The highest BCUT2D eigenvalue weighted by molar-refractivity contribution is 7.99. The second-order valence-corrected chi connectivity index (χ2v) is 6.46. The second kappa shape index (κ2) is 5.89. The van der Waals surface area contributed by atoms with Crippen molar-refractivity contribution in [3.63, 3.8) is 0 Å². The van der Waals surface area contributed by atoms with Crippen molar-refractivity contribution in [3.8, 4) is 0 Å².